The van der Waals surface area contributed by atoms with E-state index in [1.165, 1.54) is 30.6 Å². The van der Waals surface area contributed by atoms with Crippen LogP contribution >= 0.6 is 34.5 Å². The number of benzene rings is 1. The van der Waals surface area contributed by atoms with Gasteiger partial charge in [0.2, 0.25) is 0 Å². The van der Waals surface area contributed by atoms with Crippen LogP contribution in [0.3, 0.4) is 0 Å². The number of hydrogen-bond donors (Lipinski definition) is 2. The summed E-state index contributed by atoms with van der Waals surface area (Å²) in [6.45, 7) is -0.564. The fourth-order valence-electron chi connectivity index (χ4n) is 3.27. The lowest BCUT2D eigenvalue weighted by Crippen LogP contribution is -2.22. The smallest absolute Gasteiger partial charge is 0.341 e. The minimum absolute atomic E-state index is 0.0152. The van der Waals surface area contributed by atoms with Crippen LogP contribution in [0.25, 0.3) is 0 Å². The third-order valence-corrected chi connectivity index (χ3v) is 6.45. The molecule has 7 nitrogen and oxygen atoms in total. The molecule has 0 saturated heterocycles. The van der Waals surface area contributed by atoms with E-state index in [2.05, 4.69) is 5.32 Å². The predicted molar refractivity (Wildman–Crippen MR) is 117 cm³/mol. The normalized spacial score (nSPS) is 13.2. The number of thiophene rings is 1. The topological polar surface area (TPSA) is 108 Å². The SMILES string of the molecule is COC(=O)c1c(NC(=O)COC(=O)c2cc(Cl)cc(Cl)c2N)sc2c1CCCCC2. The summed E-state index contributed by atoms with van der Waals surface area (Å²) in [5.74, 6) is -1.91. The number of fused-ring (bicyclic) bond motifs is 1. The van der Waals surface area contributed by atoms with Gasteiger partial charge in [-0.25, -0.2) is 9.59 Å². The van der Waals surface area contributed by atoms with Gasteiger partial charge >= 0.3 is 11.9 Å². The molecule has 0 radical (unpaired) electrons. The number of hydrogen-bond acceptors (Lipinski definition) is 7. The Labute approximate surface area is 187 Å². The van der Waals surface area contributed by atoms with E-state index in [9.17, 15) is 14.4 Å². The van der Waals surface area contributed by atoms with E-state index in [1.54, 1.807) is 0 Å². The molecule has 0 bridgehead atoms. The van der Waals surface area contributed by atoms with Gasteiger partial charge in [-0.2, -0.15) is 0 Å². The Morgan fingerprint density at radius 1 is 1.13 bits per heavy atom. The van der Waals surface area contributed by atoms with Gasteiger partial charge in [-0.3, -0.25) is 4.79 Å². The third kappa shape index (κ3) is 4.88. The van der Waals surface area contributed by atoms with E-state index < -0.39 is 24.5 Å². The van der Waals surface area contributed by atoms with Crippen molar-refractivity contribution in [3.8, 4) is 0 Å². The Balaban J connectivity index is 1.72. The first-order valence-electron chi connectivity index (χ1n) is 9.26. The van der Waals surface area contributed by atoms with Gasteiger partial charge in [-0.15, -0.1) is 11.3 Å². The van der Waals surface area contributed by atoms with Gasteiger partial charge in [0.1, 0.15) is 5.00 Å². The van der Waals surface area contributed by atoms with Gasteiger partial charge in [-0.1, -0.05) is 29.6 Å². The Morgan fingerprint density at radius 2 is 1.87 bits per heavy atom. The number of amides is 1. The lowest BCUT2D eigenvalue weighted by atomic mass is 10.1. The molecule has 30 heavy (non-hydrogen) atoms. The van der Waals surface area contributed by atoms with E-state index in [-0.39, 0.29) is 21.3 Å². The molecule has 1 aromatic heterocycles. The summed E-state index contributed by atoms with van der Waals surface area (Å²) in [4.78, 5) is 38.1. The molecule has 0 fully saturated rings. The summed E-state index contributed by atoms with van der Waals surface area (Å²) >= 11 is 13.2. The summed E-state index contributed by atoms with van der Waals surface area (Å²) in [7, 11) is 1.30. The Kier molecular flexibility index (Phi) is 7.23. The molecule has 10 heteroatoms. The number of aryl methyl sites for hydroxylation is 1. The van der Waals surface area contributed by atoms with Crippen molar-refractivity contribution in [1.29, 1.82) is 0 Å². The molecule has 0 atom stereocenters. The lowest BCUT2D eigenvalue weighted by molar-refractivity contribution is -0.119. The van der Waals surface area contributed by atoms with Crippen LogP contribution < -0.4 is 11.1 Å². The molecule has 1 aliphatic rings. The number of ether oxygens (including phenoxy) is 2. The van der Waals surface area contributed by atoms with Crippen molar-refractivity contribution in [2.24, 2.45) is 0 Å². The molecule has 1 aromatic carbocycles. The maximum atomic E-state index is 12.4. The zero-order valence-corrected chi connectivity index (χ0v) is 18.5. The predicted octanol–water partition coefficient (Wildman–Crippen LogP) is 4.49. The molecular formula is C20H20Cl2N2O5S. The van der Waals surface area contributed by atoms with Crippen LogP contribution in [-0.4, -0.2) is 31.6 Å². The second kappa shape index (κ2) is 9.68. The van der Waals surface area contributed by atoms with Crippen molar-refractivity contribution in [3.63, 3.8) is 0 Å². The van der Waals surface area contributed by atoms with Crippen LogP contribution in [0.15, 0.2) is 12.1 Å². The summed E-state index contributed by atoms with van der Waals surface area (Å²) < 4.78 is 9.95. The van der Waals surface area contributed by atoms with Gasteiger partial charge in [0.25, 0.3) is 5.91 Å². The van der Waals surface area contributed by atoms with Crippen molar-refractivity contribution in [2.45, 2.75) is 32.1 Å². The molecule has 0 saturated carbocycles. The molecule has 0 unspecified atom stereocenters. The minimum atomic E-state index is -0.831. The van der Waals surface area contributed by atoms with Crippen LogP contribution in [0.4, 0.5) is 10.7 Å². The van der Waals surface area contributed by atoms with Crippen LogP contribution in [0.2, 0.25) is 10.0 Å². The number of esters is 2. The Hall–Kier alpha value is -2.29. The number of carbonyl (C=O) groups excluding carboxylic acids is 3. The molecule has 3 rings (SSSR count). The first-order chi connectivity index (χ1) is 14.3. The number of nitrogens with one attached hydrogen (secondary N) is 1. The van der Waals surface area contributed by atoms with E-state index in [0.717, 1.165) is 42.5 Å². The average Bonchev–Trinajstić information content (AvgIpc) is 2.88. The quantitative estimate of drug-likeness (QED) is 0.378. The zero-order chi connectivity index (χ0) is 21.8. The summed E-state index contributed by atoms with van der Waals surface area (Å²) in [6, 6.07) is 2.71. The van der Waals surface area contributed by atoms with Crippen LogP contribution in [0.5, 0.6) is 0 Å². The number of methoxy groups -OCH3 is 1. The van der Waals surface area contributed by atoms with Gasteiger partial charge in [0, 0.05) is 9.90 Å². The van der Waals surface area contributed by atoms with E-state index in [0.29, 0.717) is 10.6 Å². The number of nitrogen functional groups attached to an aromatic ring is 1. The third-order valence-electron chi connectivity index (χ3n) is 4.71. The maximum Gasteiger partial charge on any atom is 0.341 e. The lowest BCUT2D eigenvalue weighted by Gasteiger charge is -2.10. The number of rotatable bonds is 5. The van der Waals surface area contributed by atoms with Crippen LogP contribution in [0.1, 0.15) is 50.4 Å². The van der Waals surface area contributed by atoms with Gasteiger partial charge in [-0.05, 0) is 43.4 Å². The van der Waals surface area contributed by atoms with Crippen LogP contribution in [-0.2, 0) is 27.1 Å². The average molecular weight is 471 g/mol. The number of carbonyl (C=O) groups is 3. The standard InChI is InChI=1S/C20H20Cl2N2O5S/c1-28-20(27)16-11-5-3-2-4-6-14(11)30-18(16)24-15(25)9-29-19(26)12-7-10(21)8-13(22)17(12)23/h7-8H,2-6,9,23H2,1H3,(H,24,25). The number of anilines is 2. The maximum absolute atomic E-state index is 12.4. The van der Waals surface area contributed by atoms with E-state index in [1.807, 2.05) is 0 Å². The molecule has 1 aliphatic carbocycles. The van der Waals surface area contributed by atoms with Crippen molar-refractivity contribution in [2.75, 3.05) is 24.8 Å². The zero-order valence-electron chi connectivity index (χ0n) is 16.2. The largest absolute Gasteiger partial charge is 0.465 e. The second-order valence-electron chi connectivity index (χ2n) is 6.73. The fraction of sp³-hybridized carbons (Fsp3) is 0.350. The van der Waals surface area contributed by atoms with Crippen molar-refractivity contribution < 1.29 is 23.9 Å². The fourth-order valence-corrected chi connectivity index (χ4v) is 5.06. The van der Waals surface area contributed by atoms with Crippen molar-refractivity contribution in [1.82, 2.24) is 0 Å². The first-order valence-corrected chi connectivity index (χ1v) is 10.8. The highest BCUT2D eigenvalue weighted by atomic mass is 35.5. The summed E-state index contributed by atoms with van der Waals surface area (Å²) in [6.07, 6.45) is 4.71. The summed E-state index contributed by atoms with van der Waals surface area (Å²) in [5.41, 5.74) is 7.07. The molecule has 0 aliphatic heterocycles. The highest BCUT2D eigenvalue weighted by Crippen LogP contribution is 2.38. The molecule has 3 N–H and O–H groups in total. The monoisotopic (exact) mass is 470 g/mol. The second-order valence-corrected chi connectivity index (χ2v) is 8.68. The highest BCUT2D eigenvalue weighted by Gasteiger charge is 2.26. The molecule has 1 amide bonds. The van der Waals surface area contributed by atoms with E-state index in [4.69, 9.17) is 38.4 Å². The molecule has 1 heterocycles. The molecular weight excluding hydrogens is 451 g/mol. The van der Waals surface area contributed by atoms with Gasteiger partial charge in [0.15, 0.2) is 6.61 Å². The van der Waals surface area contributed by atoms with Gasteiger partial charge in [0.05, 0.1) is 28.9 Å². The summed E-state index contributed by atoms with van der Waals surface area (Å²) in [5, 5.41) is 3.40. The Bertz CT molecular complexity index is 1010. The van der Waals surface area contributed by atoms with E-state index >= 15 is 0 Å². The highest BCUT2D eigenvalue weighted by molar-refractivity contribution is 7.17. The minimum Gasteiger partial charge on any atom is -0.465 e. The molecule has 0 spiro atoms. The van der Waals surface area contributed by atoms with Crippen molar-refractivity contribution >= 4 is 63.1 Å². The van der Waals surface area contributed by atoms with Crippen molar-refractivity contribution in [3.05, 3.63) is 43.7 Å². The van der Waals surface area contributed by atoms with Gasteiger partial charge < -0.3 is 20.5 Å². The number of halogens is 2. The first kappa shape index (κ1) is 22.4. The van der Waals surface area contributed by atoms with Crippen LogP contribution in [0, 0.1) is 0 Å². The number of nitrogens with two attached hydrogens (primary N) is 1. The Morgan fingerprint density at radius 3 is 2.60 bits per heavy atom. The molecule has 160 valence electrons. The molecule has 2 aromatic rings.